The molecule has 2 fully saturated rings. The van der Waals surface area contributed by atoms with Gasteiger partial charge in [-0.3, -0.25) is 14.6 Å². The number of methoxy groups -OCH3 is 1. The van der Waals surface area contributed by atoms with Crippen LogP contribution in [0.3, 0.4) is 0 Å². The Hall–Kier alpha value is -1.80. The molecule has 2 aliphatic heterocycles. The van der Waals surface area contributed by atoms with Gasteiger partial charge in [-0.15, -0.1) is 0 Å². The van der Waals surface area contributed by atoms with Gasteiger partial charge in [-0.05, 0) is 37.6 Å². The van der Waals surface area contributed by atoms with Gasteiger partial charge in [0.1, 0.15) is 0 Å². The zero-order chi connectivity index (χ0) is 19.4. The lowest BCUT2D eigenvalue weighted by atomic mass is 10.0. The van der Waals surface area contributed by atoms with Crippen LogP contribution in [0.15, 0.2) is 24.3 Å². The number of piperidine rings is 1. The molecular weight excluding hydrogens is 359 g/mol. The van der Waals surface area contributed by atoms with Crippen LogP contribution < -0.4 is 4.90 Å². The Morgan fingerprint density at radius 3 is 2.59 bits per heavy atom. The lowest BCUT2D eigenvalue weighted by Gasteiger charge is -2.43. The van der Waals surface area contributed by atoms with Gasteiger partial charge in [-0.2, -0.15) is 13.2 Å². The highest BCUT2D eigenvalue weighted by Crippen LogP contribution is 2.32. The van der Waals surface area contributed by atoms with Gasteiger partial charge in [-0.25, -0.2) is 0 Å². The highest BCUT2D eigenvalue weighted by molar-refractivity contribution is 5.71. The number of alkyl halides is 3. The number of anilines is 1. The summed E-state index contributed by atoms with van der Waals surface area (Å²) in [6.45, 7) is 5.08. The standard InChI is InChI=1S/C19H26F3N3O2/c1-27-18(26)14-23-7-3-6-17(13-23)25-10-8-24(9-11-25)16-5-2-4-15(12-16)19(20,21)22/h2,4-5,12,17H,3,6-11,13-14H2,1H3/t17-/m0/s1. The highest BCUT2D eigenvalue weighted by Gasteiger charge is 2.32. The third-order valence-electron chi connectivity index (χ3n) is 5.43. The van der Waals surface area contributed by atoms with E-state index in [2.05, 4.69) is 9.80 Å². The fraction of sp³-hybridized carbons (Fsp3) is 0.632. The zero-order valence-electron chi connectivity index (χ0n) is 15.5. The van der Waals surface area contributed by atoms with Crippen LogP contribution in [0.1, 0.15) is 18.4 Å². The highest BCUT2D eigenvalue weighted by atomic mass is 19.4. The zero-order valence-corrected chi connectivity index (χ0v) is 15.5. The van der Waals surface area contributed by atoms with E-state index in [0.717, 1.165) is 45.1 Å². The average Bonchev–Trinajstić information content (AvgIpc) is 2.68. The van der Waals surface area contributed by atoms with Crippen LogP contribution in [-0.4, -0.2) is 74.7 Å². The van der Waals surface area contributed by atoms with E-state index >= 15 is 0 Å². The van der Waals surface area contributed by atoms with Gasteiger partial charge < -0.3 is 9.64 Å². The van der Waals surface area contributed by atoms with Crippen molar-refractivity contribution in [2.45, 2.75) is 25.1 Å². The molecule has 0 saturated carbocycles. The van der Waals surface area contributed by atoms with E-state index in [-0.39, 0.29) is 5.97 Å². The van der Waals surface area contributed by atoms with E-state index in [1.54, 1.807) is 6.07 Å². The Morgan fingerprint density at radius 2 is 1.93 bits per heavy atom. The second-order valence-electron chi connectivity index (χ2n) is 7.18. The van der Waals surface area contributed by atoms with Crippen LogP contribution in [0.5, 0.6) is 0 Å². The molecule has 0 bridgehead atoms. The quantitative estimate of drug-likeness (QED) is 0.745. The Labute approximate surface area is 157 Å². The monoisotopic (exact) mass is 385 g/mol. The van der Waals surface area contributed by atoms with Gasteiger partial charge in [0.2, 0.25) is 0 Å². The molecule has 2 heterocycles. The first-order chi connectivity index (χ1) is 12.9. The third-order valence-corrected chi connectivity index (χ3v) is 5.43. The van der Waals surface area contributed by atoms with Crippen LogP contribution in [-0.2, 0) is 15.7 Å². The molecule has 0 aliphatic carbocycles. The van der Waals surface area contributed by atoms with E-state index in [9.17, 15) is 18.0 Å². The van der Waals surface area contributed by atoms with Gasteiger partial charge in [0.25, 0.3) is 0 Å². The van der Waals surface area contributed by atoms with Crippen molar-refractivity contribution in [2.75, 3.05) is 57.8 Å². The number of rotatable bonds is 4. The number of hydrogen-bond donors (Lipinski definition) is 0. The fourth-order valence-corrected chi connectivity index (χ4v) is 3.94. The molecule has 0 radical (unpaired) electrons. The van der Waals surface area contributed by atoms with Crippen molar-refractivity contribution in [2.24, 2.45) is 0 Å². The Morgan fingerprint density at radius 1 is 1.19 bits per heavy atom. The molecular formula is C19H26F3N3O2. The minimum atomic E-state index is -4.32. The lowest BCUT2D eigenvalue weighted by molar-refractivity contribution is -0.142. The number of carbonyl (C=O) groups is 1. The molecule has 2 aliphatic rings. The fourth-order valence-electron chi connectivity index (χ4n) is 3.94. The Bertz CT molecular complexity index is 645. The van der Waals surface area contributed by atoms with E-state index in [1.807, 2.05) is 4.90 Å². The average molecular weight is 385 g/mol. The Kier molecular flexibility index (Phi) is 6.26. The van der Waals surface area contributed by atoms with E-state index in [1.165, 1.54) is 19.2 Å². The smallest absolute Gasteiger partial charge is 0.416 e. The molecule has 0 aromatic heterocycles. The normalized spacial score (nSPS) is 22.7. The van der Waals surface area contributed by atoms with Gasteiger partial charge in [0.15, 0.2) is 0 Å². The van der Waals surface area contributed by atoms with Gasteiger partial charge >= 0.3 is 12.1 Å². The number of likely N-dealkylation sites (tertiary alicyclic amines) is 1. The number of piperazine rings is 1. The summed E-state index contributed by atoms with van der Waals surface area (Å²) in [5, 5.41) is 0. The molecule has 1 aromatic rings. The molecule has 150 valence electrons. The first kappa shape index (κ1) is 19.9. The van der Waals surface area contributed by atoms with Crippen molar-refractivity contribution in [1.82, 2.24) is 9.80 Å². The summed E-state index contributed by atoms with van der Waals surface area (Å²) in [7, 11) is 1.40. The maximum Gasteiger partial charge on any atom is 0.416 e. The van der Waals surface area contributed by atoms with E-state index in [0.29, 0.717) is 31.4 Å². The van der Waals surface area contributed by atoms with Gasteiger partial charge in [0, 0.05) is 44.5 Å². The van der Waals surface area contributed by atoms with Crippen molar-refractivity contribution in [3.63, 3.8) is 0 Å². The Balaban J connectivity index is 1.55. The number of hydrogen-bond acceptors (Lipinski definition) is 5. The van der Waals surface area contributed by atoms with Gasteiger partial charge in [0.05, 0.1) is 19.2 Å². The first-order valence-electron chi connectivity index (χ1n) is 9.32. The number of nitrogens with zero attached hydrogens (tertiary/aromatic N) is 3. The number of halogens is 3. The number of benzene rings is 1. The van der Waals surface area contributed by atoms with Crippen LogP contribution in [0.4, 0.5) is 18.9 Å². The topological polar surface area (TPSA) is 36.0 Å². The van der Waals surface area contributed by atoms with Crippen molar-refractivity contribution < 1.29 is 22.7 Å². The largest absolute Gasteiger partial charge is 0.468 e. The molecule has 27 heavy (non-hydrogen) atoms. The predicted octanol–water partition coefficient (Wildman–Crippen LogP) is 2.46. The second-order valence-corrected chi connectivity index (χ2v) is 7.18. The van der Waals surface area contributed by atoms with Crippen LogP contribution in [0, 0.1) is 0 Å². The lowest BCUT2D eigenvalue weighted by Crippen LogP contribution is -2.55. The summed E-state index contributed by atoms with van der Waals surface area (Å²) in [5.74, 6) is -0.218. The third kappa shape index (κ3) is 5.13. The summed E-state index contributed by atoms with van der Waals surface area (Å²) in [6.07, 6.45) is -2.19. The molecule has 1 atom stereocenters. The van der Waals surface area contributed by atoms with Crippen molar-refractivity contribution in [1.29, 1.82) is 0 Å². The maximum atomic E-state index is 12.9. The maximum absolute atomic E-state index is 12.9. The van der Waals surface area contributed by atoms with E-state index in [4.69, 9.17) is 4.74 Å². The molecule has 2 saturated heterocycles. The summed E-state index contributed by atoms with van der Waals surface area (Å²) >= 11 is 0. The van der Waals surface area contributed by atoms with Crippen molar-refractivity contribution in [3.8, 4) is 0 Å². The number of esters is 1. The molecule has 8 heteroatoms. The molecule has 0 N–H and O–H groups in total. The molecule has 1 aromatic carbocycles. The van der Waals surface area contributed by atoms with E-state index < -0.39 is 11.7 Å². The van der Waals surface area contributed by atoms with Crippen molar-refractivity contribution >= 4 is 11.7 Å². The summed E-state index contributed by atoms with van der Waals surface area (Å²) < 4.78 is 43.5. The van der Waals surface area contributed by atoms with Crippen LogP contribution in [0.25, 0.3) is 0 Å². The molecule has 5 nitrogen and oxygen atoms in total. The summed E-state index contributed by atoms with van der Waals surface area (Å²) in [5.41, 5.74) is 0.0219. The minimum Gasteiger partial charge on any atom is -0.468 e. The summed E-state index contributed by atoms with van der Waals surface area (Å²) in [6, 6.07) is 5.93. The molecule has 0 amide bonds. The minimum absolute atomic E-state index is 0.218. The van der Waals surface area contributed by atoms with Crippen LogP contribution >= 0.6 is 0 Å². The predicted molar refractivity (Wildman–Crippen MR) is 96.7 cm³/mol. The molecule has 0 spiro atoms. The number of ether oxygens (including phenoxy) is 1. The number of carbonyl (C=O) groups excluding carboxylic acids is 1. The second kappa shape index (κ2) is 8.48. The van der Waals surface area contributed by atoms with Gasteiger partial charge in [-0.1, -0.05) is 6.07 Å². The van der Waals surface area contributed by atoms with Crippen LogP contribution in [0.2, 0.25) is 0 Å². The summed E-state index contributed by atoms with van der Waals surface area (Å²) in [4.78, 5) is 18.0. The first-order valence-corrected chi connectivity index (χ1v) is 9.32. The molecule has 0 unspecified atom stereocenters. The van der Waals surface area contributed by atoms with Crippen molar-refractivity contribution in [3.05, 3.63) is 29.8 Å². The molecule has 3 rings (SSSR count). The SMILES string of the molecule is COC(=O)CN1CCC[C@H](N2CCN(c3cccc(C(F)(F)F)c3)CC2)C1.